The van der Waals surface area contributed by atoms with Crippen LogP contribution in [0.25, 0.3) is 0 Å². The van der Waals surface area contributed by atoms with Gasteiger partial charge in [0.1, 0.15) is 5.75 Å². The normalized spacial score (nSPS) is 17.8. The third-order valence-corrected chi connectivity index (χ3v) is 5.80. The van der Waals surface area contributed by atoms with Crippen molar-refractivity contribution >= 4 is 17.5 Å². The van der Waals surface area contributed by atoms with Crippen LogP contribution < -0.4 is 19.5 Å². The van der Waals surface area contributed by atoms with Crippen molar-refractivity contribution in [3.8, 4) is 17.2 Å². The van der Waals surface area contributed by atoms with Gasteiger partial charge in [0, 0.05) is 36.6 Å². The Balaban J connectivity index is 1.30. The van der Waals surface area contributed by atoms with E-state index >= 15 is 0 Å². The van der Waals surface area contributed by atoms with Crippen molar-refractivity contribution < 1.29 is 19.0 Å². The maximum atomic E-state index is 12.4. The van der Waals surface area contributed by atoms with Gasteiger partial charge in [-0.2, -0.15) is 0 Å². The Hall–Kier alpha value is -2.44. The summed E-state index contributed by atoms with van der Waals surface area (Å²) < 4.78 is 16.1. The van der Waals surface area contributed by atoms with Crippen molar-refractivity contribution in [2.75, 3.05) is 20.4 Å². The van der Waals surface area contributed by atoms with Crippen LogP contribution in [0, 0.1) is 0 Å². The fourth-order valence-corrected chi connectivity index (χ4v) is 4.09. The van der Waals surface area contributed by atoms with E-state index in [1.54, 1.807) is 13.2 Å². The number of halogens is 1. The fraction of sp³-hybridized carbons (Fsp3) is 0.409. The van der Waals surface area contributed by atoms with Gasteiger partial charge in [-0.25, -0.2) is 0 Å². The topological polar surface area (TPSA) is 60.0 Å². The van der Waals surface area contributed by atoms with Crippen molar-refractivity contribution in [1.82, 2.24) is 10.2 Å². The first-order valence-corrected chi connectivity index (χ1v) is 10.2. The van der Waals surface area contributed by atoms with Gasteiger partial charge in [-0.1, -0.05) is 23.7 Å². The number of fused-ring (bicyclic) bond motifs is 1. The van der Waals surface area contributed by atoms with Crippen molar-refractivity contribution in [1.29, 1.82) is 0 Å². The van der Waals surface area contributed by atoms with E-state index in [2.05, 4.69) is 5.32 Å². The minimum atomic E-state index is 0.219. The lowest BCUT2D eigenvalue weighted by atomic mass is 10.1. The van der Waals surface area contributed by atoms with E-state index in [9.17, 15) is 4.79 Å². The molecule has 2 aliphatic rings. The second-order valence-corrected chi connectivity index (χ2v) is 7.74. The number of ether oxygens (including phenoxy) is 3. The van der Waals surface area contributed by atoms with Crippen molar-refractivity contribution in [3.63, 3.8) is 0 Å². The highest BCUT2D eigenvalue weighted by Gasteiger charge is 2.30. The zero-order chi connectivity index (χ0) is 20.2. The summed E-state index contributed by atoms with van der Waals surface area (Å²) in [7, 11) is 1.65. The number of methoxy groups -OCH3 is 1. The predicted molar refractivity (Wildman–Crippen MR) is 110 cm³/mol. The number of hydrogen-bond acceptors (Lipinski definition) is 5. The lowest BCUT2D eigenvalue weighted by molar-refractivity contribution is -0.129. The molecule has 1 fully saturated rings. The van der Waals surface area contributed by atoms with Crippen molar-refractivity contribution in [2.45, 2.75) is 38.4 Å². The molecule has 0 aromatic heterocycles. The molecule has 2 aromatic carbocycles. The van der Waals surface area contributed by atoms with Crippen LogP contribution in [0.4, 0.5) is 0 Å². The zero-order valence-electron chi connectivity index (χ0n) is 16.4. The zero-order valence-corrected chi connectivity index (χ0v) is 17.2. The molecule has 1 amide bonds. The molecule has 0 spiro atoms. The SMILES string of the molecule is COc1cccc(CN2C(=O)CCC2CCNCc2cc3c(cc2Cl)OCO3)c1. The van der Waals surface area contributed by atoms with Gasteiger partial charge in [-0.15, -0.1) is 0 Å². The third kappa shape index (κ3) is 4.60. The van der Waals surface area contributed by atoms with E-state index in [1.165, 1.54) is 0 Å². The molecule has 1 saturated heterocycles. The highest BCUT2D eigenvalue weighted by Crippen LogP contribution is 2.36. The van der Waals surface area contributed by atoms with Gasteiger partial charge in [0.25, 0.3) is 0 Å². The lowest BCUT2D eigenvalue weighted by Crippen LogP contribution is -2.34. The standard InChI is InChI=1S/C22H25ClN2O4/c1-27-18-4-2-3-15(9-18)13-25-17(5-6-22(25)26)7-8-24-12-16-10-20-21(11-19(16)23)29-14-28-20/h2-4,9-11,17,24H,5-8,12-14H2,1H3. The van der Waals surface area contributed by atoms with Crippen LogP contribution in [0.2, 0.25) is 5.02 Å². The van der Waals surface area contributed by atoms with Gasteiger partial charge < -0.3 is 24.4 Å². The Bertz CT molecular complexity index is 889. The summed E-state index contributed by atoms with van der Waals surface area (Å²) in [5.41, 5.74) is 2.07. The molecule has 0 aliphatic carbocycles. The highest BCUT2D eigenvalue weighted by molar-refractivity contribution is 6.31. The number of hydrogen-bond donors (Lipinski definition) is 1. The molecule has 0 saturated carbocycles. The van der Waals surface area contributed by atoms with Crippen LogP contribution in [0.3, 0.4) is 0 Å². The molecule has 0 bridgehead atoms. The Labute approximate surface area is 175 Å². The van der Waals surface area contributed by atoms with E-state index < -0.39 is 0 Å². The summed E-state index contributed by atoms with van der Waals surface area (Å²) in [5.74, 6) is 2.46. The van der Waals surface area contributed by atoms with E-state index in [4.69, 9.17) is 25.8 Å². The number of rotatable bonds is 8. The van der Waals surface area contributed by atoms with Gasteiger partial charge in [-0.3, -0.25) is 4.79 Å². The molecular formula is C22H25ClN2O4. The summed E-state index contributed by atoms with van der Waals surface area (Å²) in [6.07, 6.45) is 2.41. The summed E-state index contributed by atoms with van der Waals surface area (Å²) >= 11 is 6.33. The smallest absolute Gasteiger partial charge is 0.231 e. The number of likely N-dealkylation sites (tertiary alicyclic amines) is 1. The molecule has 4 rings (SSSR count). The molecule has 2 aliphatic heterocycles. The van der Waals surface area contributed by atoms with Gasteiger partial charge >= 0.3 is 0 Å². The molecule has 154 valence electrons. The highest BCUT2D eigenvalue weighted by atomic mass is 35.5. The van der Waals surface area contributed by atoms with Crippen LogP contribution >= 0.6 is 11.6 Å². The minimum absolute atomic E-state index is 0.219. The largest absolute Gasteiger partial charge is 0.497 e. The molecule has 29 heavy (non-hydrogen) atoms. The fourth-order valence-electron chi connectivity index (χ4n) is 3.86. The molecule has 0 radical (unpaired) electrons. The molecule has 2 heterocycles. The average Bonchev–Trinajstić information content (AvgIpc) is 3.32. The monoisotopic (exact) mass is 416 g/mol. The van der Waals surface area contributed by atoms with Gasteiger partial charge in [0.05, 0.1) is 7.11 Å². The number of nitrogens with zero attached hydrogens (tertiary/aromatic N) is 1. The van der Waals surface area contributed by atoms with E-state index in [-0.39, 0.29) is 18.7 Å². The van der Waals surface area contributed by atoms with E-state index in [0.29, 0.717) is 30.3 Å². The average molecular weight is 417 g/mol. The molecule has 1 atom stereocenters. The van der Waals surface area contributed by atoms with Crippen LogP contribution in [0.5, 0.6) is 17.2 Å². The summed E-state index contributed by atoms with van der Waals surface area (Å²) in [6, 6.07) is 11.9. The first-order chi connectivity index (χ1) is 14.1. The number of carbonyl (C=O) groups is 1. The third-order valence-electron chi connectivity index (χ3n) is 5.45. The molecule has 1 N–H and O–H groups in total. The second-order valence-electron chi connectivity index (χ2n) is 7.33. The van der Waals surface area contributed by atoms with Crippen molar-refractivity contribution in [3.05, 3.63) is 52.5 Å². The molecule has 7 heteroatoms. The quantitative estimate of drug-likeness (QED) is 0.664. The number of nitrogens with one attached hydrogen (secondary N) is 1. The Kier molecular flexibility index (Phi) is 6.11. The van der Waals surface area contributed by atoms with Crippen LogP contribution in [-0.2, 0) is 17.9 Å². The molecule has 6 nitrogen and oxygen atoms in total. The van der Waals surface area contributed by atoms with Crippen molar-refractivity contribution in [2.24, 2.45) is 0 Å². The Morgan fingerprint density at radius 1 is 1.24 bits per heavy atom. The minimum Gasteiger partial charge on any atom is -0.497 e. The maximum Gasteiger partial charge on any atom is 0.231 e. The molecular weight excluding hydrogens is 392 g/mol. The van der Waals surface area contributed by atoms with Gasteiger partial charge in [-0.05, 0) is 48.7 Å². The van der Waals surface area contributed by atoms with Gasteiger partial charge in [0.2, 0.25) is 12.7 Å². The van der Waals surface area contributed by atoms with Gasteiger partial charge in [0.15, 0.2) is 11.5 Å². The van der Waals surface area contributed by atoms with E-state index in [0.717, 1.165) is 42.0 Å². The summed E-state index contributed by atoms with van der Waals surface area (Å²) in [4.78, 5) is 14.4. The first-order valence-electron chi connectivity index (χ1n) is 9.85. The first kappa shape index (κ1) is 19.9. The molecule has 2 aromatic rings. The lowest BCUT2D eigenvalue weighted by Gasteiger charge is -2.25. The summed E-state index contributed by atoms with van der Waals surface area (Å²) in [6.45, 7) is 2.30. The Morgan fingerprint density at radius 3 is 2.90 bits per heavy atom. The number of benzene rings is 2. The number of amides is 1. The molecule has 1 unspecified atom stereocenters. The maximum absolute atomic E-state index is 12.4. The van der Waals surface area contributed by atoms with E-state index in [1.807, 2.05) is 35.2 Å². The second kappa shape index (κ2) is 8.93. The predicted octanol–water partition coefficient (Wildman–Crippen LogP) is 3.75. The number of carbonyl (C=O) groups excluding carboxylic acids is 1. The Morgan fingerprint density at radius 2 is 2.07 bits per heavy atom. The van der Waals surface area contributed by atoms with Crippen LogP contribution in [0.1, 0.15) is 30.4 Å². The van der Waals surface area contributed by atoms with Crippen LogP contribution in [0.15, 0.2) is 36.4 Å². The summed E-state index contributed by atoms with van der Waals surface area (Å²) in [5, 5.41) is 4.10. The van der Waals surface area contributed by atoms with Crippen LogP contribution in [-0.4, -0.2) is 37.3 Å².